The summed E-state index contributed by atoms with van der Waals surface area (Å²) in [6.07, 6.45) is 1.92. The van der Waals surface area contributed by atoms with Crippen LogP contribution in [0, 0.1) is 0 Å². The van der Waals surface area contributed by atoms with Crippen molar-refractivity contribution in [3.05, 3.63) is 58.6 Å². The van der Waals surface area contributed by atoms with Crippen molar-refractivity contribution in [3.8, 4) is 11.5 Å². The molecule has 0 saturated carbocycles. The van der Waals surface area contributed by atoms with E-state index >= 15 is 0 Å². The number of hydrogen-bond donors (Lipinski definition) is 1. The molecule has 3 rings (SSSR count). The highest BCUT2D eigenvalue weighted by molar-refractivity contribution is 9.10. The molecule has 6 heteroatoms. The number of para-hydroxylation sites is 1. The van der Waals surface area contributed by atoms with Crippen LogP contribution in [-0.2, 0) is 0 Å². The molecule has 0 aromatic heterocycles. The maximum Gasteiger partial charge on any atom is 0.257 e. The van der Waals surface area contributed by atoms with Gasteiger partial charge < -0.3 is 15.4 Å². The van der Waals surface area contributed by atoms with E-state index in [1.54, 1.807) is 6.07 Å². The normalized spacial score (nSPS) is 17.1. The summed E-state index contributed by atoms with van der Waals surface area (Å²) in [5.41, 5.74) is 6.56. The predicted molar refractivity (Wildman–Crippen MR) is 101 cm³/mol. The third kappa shape index (κ3) is 4.50. The maximum atomic E-state index is 12.8. The van der Waals surface area contributed by atoms with Crippen LogP contribution in [0.3, 0.4) is 0 Å². The van der Waals surface area contributed by atoms with Crippen molar-refractivity contribution >= 4 is 34.2 Å². The lowest BCUT2D eigenvalue weighted by Crippen LogP contribution is -2.45. The highest BCUT2D eigenvalue weighted by Gasteiger charge is 2.24. The number of nitrogens with zero attached hydrogens (tertiary/aromatic N) is 1. The molecule has 0 bridgehead atoms. The molecule has 1 atom stereocenters. The Kier molecular flexibility index (Phi) is 6.66. The number of carbonyl (C=O) groups is 1. The third-order valence-corrected chi connectivity index (χ3v) is 4.38. The second-order valence-corrected chi connectivity index (χ2v) is 6.62. The average molecular weight is 412 g/mol. The number of carbonyl (C=O) groups excluding carboxylic acids is 1. The van der Waals surface area contributed by atoms with Crippen LogP contribution >= 0.6 is 28.3 Å². The highest BCUT2D eigenvalue weighted by atomic mass is 79.9. The van der Waals surface area contributed by atoms with Gasteiger partial charge in [-0.15, -0.1) is 12.4 Å². The Bertz CT molecular complexity index is 711. The Morgan fingerprint density at radius 3 is 2.75 bits per heavy atom. The first-order valence-corrected chi connectivity index (χ1v) is 8.50. The molecule has 2 aromatic carbocycles. The molecular formula is C18H20BrClN2O2. The summed E-state index contributed by atoms with van der Waals surface area (Å²) in [7, 11) is 0. The number of hydrogen-bond acceptors (Lipinski definition) is 3. The van der Waals surface area contributed by atoms with E-state index < -0.39 is 0 Å². The van der Waals surface area contributed by atoms with Crippen LogP contribution in [0.4, 0.5) is 0 Å². The molecule has 1 fully saturated rings. The van der Waals surface area contributed by atoms with Crippen LogP contribution in [0.15, 0.2) is 53.0 Å². The molecule has 0 spiro atoms. The van der Waals surface area contributed by atoms with Gasteiger partial charge in [0.25, 0.3) is 5.91 Å². The van der Waals surface area contributed by atoms with E-state index in [0.717, 1.165) is 23.9 Å². The van der Waals surface area contributed by atoms with Crippen LogP contribution in [-0.4, -0.2) is 29.9 Å². The van der Waals surface area contributed by atoms with Crippen LogP contribution in [0.2, 0.25) is 0 Å². The zero-order chi connectivity index (χ0) is 16.2. The zero-order valence-corrected chi connectivity index (χ0v) is 15.6. The largest absolute Gasteiger partial charge is 0.456 e. The van der Waals surface area contributed by atoms with E-state index in [4.69, 9.17) is 10.5 Å². The summed E-state index contributed by atoms with van der Waals surface area (Å²) in [6.45, 7) is 1.35. The average Bonchev–Trinajstić information content (AvgIpc) is 2.55. The first-order valence-electron chi connectivity index (χ1n) is 7.71. The minimum atomic E-state index is -0.0225. The summed E-state index contributed by atoms with van der Waals surface area (Å²) < 4.78 is 6.85. The molecule has 4 nitrogen and oxygen atoms in total. The van der Waals surface area contributed by atoms with E-state index in [2.05, 4.69) is 15.9 Å². The molecule has 1 saturated heterocycles. The number of piperidine rings is 1. The Labute approximate surface area is 156 Å². The molecular weight excluding hydrogens is 392 g/mol. The Morgan fingerprint density at radius 1 is 1.21 bits per heavy atom. The second-order valence-electron chi connectivity index (χ2n) is 5.71. The lowest BCUT2D eigenvalue weighted by Gasteiger charge is -2.31. The van der Waals surface area contributed by atoms with Gasteiger partial charge in [-0.05, 0) is 43.2 Å². The molecule has 1 amide bonds. The van der Waals surface area contributed by atoms with Gasteiger partial charge in [0.1, 0.15) is 11.5 Å². The van der Waals surface area contributed by atoms with Crippen molar-refractivity contribution in [2.45, 2.75) is 18.9 Å². The van der Waals surface area contributed by atoms with E-state index in [9.17, 15) is 4.79 Å². The van der Waals surface area contributed by atoms with Gasteiger partial charge in [0.05, 0.1) is 5.56 Å². The van der Waals surface area contributed by atoms with Crippen LogP contribution in [0.25, 0.3) is 0 Å². The van der Waals surface area contributed by atoms with Gasteiger partial charge in [0, 0.05) is 23.6 Å². The summed E-state index contributed by atoms with van der Waals surface area (Å²) >= 11 is 3.42. The molecule has 0 aliphatic carbocycles. The molecule has 2 aromatic rings. The lowest BCUT2D eigenvalue weighted by atomic mass is 10.0. The molecule has 2 N–H and O–H groups in total. The van der Waals surface area contributed by atoms with Crippen molar-refractivity contribution in [3.63, 3.8) is 0 Å². The number of nitrogens with two attached hydrogens (primary N) is 1. The van der Waals surface area contributed by atoms with Crippen molar-refractivity contribution in [1.82, 2.24) is 4.90 Å². The number of rotatable bonds is 3. The number of ether oxygens (including phenoxy) is 1. The second kappa shape index (κ2) is 8.51. The Balaban J connectivity index is 0.00000208. The van der Waals surface area contributed by atoms with Gasteiger partial charge in [-0.3, -0.25) is 4.79 Å². The molecule has 1 heterocycles. The quantitative estimate of drug-likeness (QED) is 0.822. The summed E-state index contributed by atoms with van der Waals surface area (Å²) in [6, 6.07) is 15.0. The minimum absolute atomic E-state index is 0. The molecule has 1 unspecified atom stereocenters. The lowest BCUT2D eigenvalue weighted by molar-refractivity contribution is 0.0706. The smallest absolute Gasteiger partial charge is 0.257 e. The van der Waals surface area contributed by atoms with Crippen LogP contribution < -0.4 is 10.5 Å². The summed E-state index contributed by atoms with van der Waals surface area (Å²) in [5, 5.41) is 0. The predicted octanol–water partition coefficient (Wildman–Crippen LogP) is 4.23. The number of benzene rings is 2. The van der Waals surface area contributed by atoms with Crippen molar-refractivity contribution in [2.75, 3.05) is 13.1 Å². The summed E-state index contributed by atoms with van der Waals surface area (Å²) in [5.74, 6) is 1.23. The first-order chi connectivity index (χ1) is 11.1. The molecule has 24 heavy (non-hydrogen) atoms. The number of amides is 1. The van der Waals surface area contributed by atoms with Gasteiger partial charge in [-0.2, -0.15) is 0 Å². The first kappa shape index (κ1) is 18.8. The number of likely N-dealkylation sites (tertiary alicyclic amines) is 1. The van der Waals surface area contributed by atoms with Crippen LogP contribution in [0.1, 0.15) is 23.2 Å². The molecule has 1 aliphatic rings. The molecule has 0 radical (unpaired) electrons. The SMILES string of the molecule is Cl.NC1CCCN(C(=O)c2ccccc2Oc2cccc(Br)c2)C1. The van der Waals surface area contributed by atoms with Crippen molar-refractivity contribution < 1.29 is 9.53 Å². The van der Waals surface area contributed by atoms with E-state index in [-0.39, 0.29) is 24.4 Å². The zero-order valence-electron chi connectivity index (χ0n) is 13.2. The standard InChI is InChI=1S/C18H19BrN2O2.ClH/c19-13-5-3-7-15(11-13)23-17-9-2-1-8-16(17)18(22)21-10-4-6-14(20)12-21;/h1-3,5,7-9,11,14H,4,6,10,12,20H2;1H. The van der Waals surface area contributed by atoms with Gasteiger partial charge in [0.2, 0.25) is 0 Å². The van der Waals surface area contributed by atoms with Gasteiger partial charge >= 0.3 is 0 Å². The van der Waals surface area contributed by atoms with Gasteiger partial charge in [-0.1, -0.05) is 34.1 Å². The van der Waals surface area contributed by atoms with Crippen molar-refractivity contribution in [1.29, 1.82) is 0 Å². The Hall–Kier alpha value is -1.56. The fraction of sp³-hybridized carbons (Fsp3) is 0.278. The summed E-state index contributed by atoms with van der Waals surface area (Å²) in [4.78, 5) is 14.6. The monoisotopic (exact) mass is 410 g/mol. The van der Waals surface area contributed by atoms with Gasteiger partial charge in [-0.25, -0.2) is 0 Å². The molecule has 1 aliphatic heterocycles. The fourth-order valence-electron chi connectivity index (χ4n) is 2.75. The maximum absolute atomic E-state index is 12.8. The van der Waals surface area contributed by atoms with E-state index in [0.29, 0.717) is 23.6 Å². The Morgan fingerprint density at radius 2 is 2.00 bits per heavy atom. The van der Waals surface area contributed by atoms with Crippen molar-refractivity contribution in [2.24, 2.45) is 5.73 Å². The number of halogens is 2. The van der Waals surface area contributed by atoms with Crippen LogP contribution in [0.5, 0.6) is 11.5 Å². The topological polar surface area (TPSA) is 55.6 Å². The van der Waals surface area contributed by atoms with E-state index in [1.165, 1.54) is 0 Å². The highest BCUT2D eigenvalue weighted by Crippen LogP contribution is 2.28. The third-order valence-electron chi connectivity index (χ3n) is 3.89. The van der Waals surface area contributed by atoms with Gasteiger partial charge in [0.15, 0.2) is 0 Å². The minimum Gasteiger partial charge on any atom is -0.456 e. The fourth-order valence-corrected chi connectivity index (χ4v) is 3.13. The molecule has 128 valence electrons. The van der Waals surface area contributed by atoms with E-state index in [1.807, 2.05) is 47.4 Å².